The van der Waals surface area contributed by atoms with Gasteiger partial charge in [0.1, 0.15) is 0 Å². The third-order valence-electron chi connectivity index (χ3n) is 5.88. The van der Waals surface area contributed by atoms with Crippen LogP contribution < -0.4 is 0 Å². The van der Waals surface area contributed by atoms with E-state index in [1.54, 1.807) is 12.8 Å². The molecule has 0 aromatic rings. The van der Waals surface area contributed by atoms with Gasteiger partial charge in [-0.05, 0) is 61.2 Å². The summed E-state index contributed by atoms with van der Waals surface area (Å²) in [4.78, 5) is 0. The average molecular weight is 188 g/mol. The highest BCUT2D eigenvalue weighted by Crippen LogP contribution is 2.67. The molecule has 0 aromatic heterocycles. The van der Waals surface area contributed by atoms with Crippen LogP contribution in [-0.2, 0) is 0 Å². The lowest BCUT2D eigenvalue weighted by molar-refractivity contribution is 0.164. The molecule has 4 rings (SSSR count). The topological polar surface area (TPSA) is 0 Å². The van der Waals surface area contributed by atoms with Gasteiger partial charge in [-0.3, -0.25) is 0 Å². The van der Waals surface area contributed by atoms with Crippen LogP contribution in [0.4, 0.5) is 0 Å². The van der Waals surface area contributed by atoms with Crippen molar-refractivity contribution in [1.29, 1.82) is 0 Å². The molecule has 0 aromatic carbocycles. The van der Waals surface area contributed by atoms with Crippen LogP contribution in [0.25, 0.3) is 0 Å². The summed E-state index contributed by atoms with van der Waals surface area (Å²) in [5, 5.41) is 0. The van der Waals surface area contributed by atoms with E-state index < -0.39 is 0 Å². The predicted molar refractivity (Wildman–Crippen MR) is 57.8 cm³/mol. The molecular weight excluding hydrogens is 168 g/mol. The van der Waals surface area contributed by atoms with E-state index in [1.165, 1.54) is 19.3 Å². The molecule has 6 unspecified atom stereocenters. The van der Waals surface area contributed by atoms with E-state index in [9.17, 15) is 0 Å². The van der Waals surface area contributed by atoms with E-state index in [0.717, 1.165) is 35.5 Å². The molecular formula is C14H20. The zero-order valence-electron chi connectivity index (χ0n) is 9.08. The van der Waals surface area contributed by atoms with Gasteiger partial charge in [0.25, 0.3) is 0 Å². The van der Waals surface area contributed by atoms with E-state index >= 15 is 0 Å². The maximum atomic E-state index is 2.60. The highest BCUT2D eigenvalue weighted by molar-refractivity contribution is 5.28. The Bertz CT molecular complexity index is 301. The van der Waals surface area contributed by atoms with Gasteiger partial charge in [-0.15, -0.1) is 0 Å². The Labute approximate surface area is 86.8 Å². The normalized spacial score (nSPS) is 57.9. The van der Waals surface area contributed by atoms with Crippen molar-refractivity contribution in [2.24, 2.45) is 35.5 Å². The first-order chi connectivity index (χ1) is 6.88. The second-order valence-electron chi connectivity index (χ2n) is 6.15. The molecule has 0 amide bonds. The van der Waals surface area contributed by atoms with Gasteiger partial charge in [0.2, 0.25) is 0 Å². The zero-order valence-corrected chi connectivity index (χ0v) is 9.08. The van der Waals surface area contributed by atoms with Crippen molar-refractivity contribution in [3.63, 3.8) is 0 Å². The molecule has 0 spiro atoms. The molecule has 0 N–H and O–H groups in total. The second-order valence-corrected chi connectivity index (χ2v) is 6.15. The van der Waals surface area contributed by atoms with Gasteiger partial charge in [-0.1, -0.05) is 25.0 Å². The minimum atomic E-state index is 1.08. The molecule has 4 aliphatic carbocycles. The van der Waals surface area contributed by atoms with Crippen LogP contribution in [0.2, 0.25) is 0 Å². The van der Waals surface area contributed by atoms with Crippen LogP contribution >= 0.6 is 0 Å². The van der Waals surface area contributed by atoms with Crippen molar-refractivity contribution in [2.45, 2.75) is 39.0 Å². The number of allylic oxidation sites excluding steroid dienone is 2. The third-order valence-corrected chi connectivity index (χ3v) is 5.88. The van der Waals surface area contributed by atoms with Crippen molar-refractivity contribution < 1.29 is 0 Å². The molecule has 0 nitrogen and oxygen atoms in total. The van der Waals surface area contributed by atoms with Gasteiger partial charge in [-0.25, -0.2) is 0 Å². The fourth-order valence-electron chi connectivity index (χ4n) is 5.54. The van der Waals surface area contributed by atoms with Gasteiger partial charge in [0.15, 0.2) is 0 Å². The lowest BCUT2D eigenvalue weighted by Crippen LogP contribution is -2.29. The summed E-state index contributed by atoms with van der Waals surface area (Å²) >= 11 is 0. The minimum Gasteiger partial charge on any atom is -0.0847 e. The smallest absolute Gasteiger partial charge is 0.0138 e. The average Bonchev–Trinajstić information content (AvgIpc) is 2.94. The quantitative estimate of drug-likeness (QED) is 0.435. The first kappa shape index (κ1) is 7.96. The summed E-state index contributed by atoms with van der Waals surface area (Å²) in [7, 11) is 0. The fraction of sp³-hybridized carbons (Fsp3) is 0.857. The highest BCUT2D eigenvalue weighted by Gasteiger charge is 2.59. The lowest BCUT2D eigenvalue weighted by Gasteiger charge is -2.35. The highest BCUT2D eigenvalue weighted by atomic mass is 14.6. The van der Waals surface area contributed by atoms with Gasteiger partial charge < -0.3 is 0 Å². The zero-order chi connectivity index (χ0) is 9.28. The maximum Gasteiger partial charge on any atom is -0.0138 e. The summed E-state index contributed by atoms with van der Waals surface area (Å²) in [6.45, 7) is 2.40. The van der Waals surface area contributed by atoms with Gasteiger partial charge in [0, 0.05) is 0 Å². The van der Waals surface area contributed by atoms with Crippen LogP contribution in [0, 0.1) is 35.5 Å². The number of rotatable bonds is 1. The lowest BCUT2D eigenvalue weighted by atomic mass is 9.69. The number of hydrogen-bond acceptors (Lipinski definition) is 0. The first-order valence-corrected chi connectivity index (χ1v) is 6.57. The van der Waals surface area contributed by atoms with Crippen LogP contribution in [0.5, 0.6) is 0 Å². The van der Waals surface area contributed by atoms with E-state index in [4.69, 9.17) is 0 Å². The summed E-state index contributed by atoms with van der Waals surface area (Å²) in [5.74, 6) is 6.70. The fourth-order valence-corrected chi connectivity index (χ4v) is 5.54. The Kier molecular flexibility index (Phi) is 1.40. The van der Waals surface area contributed by atoms with Crippen molar-refractivity contribution in [1.82, 2.24) is 0 Å². The summed E-state index contributed by atoms with van der Waals surface area (Å²) in [6.07, 6.45) is 10.2. The van der Waals surface area contributed by atoms with Crippen LogP contribution in [0.1, 0.15) is 39.0 Å². The first-order valence-electron chi connectivity index (χ1n) is 6.57. The summed E-state index contributed by atoms with van der Waals surface area (Å²) in [6, 6.07) is 0. The molecule has 3 fully saturated rings. The molecule has 0 heteroatoms. The maximum absolute atomic E-state index is 2.60. The summed E-state index contributed by atoms with van der Waals surface area (Å²) < 4.78 is 0. The Morgan fingerprint density at radius 3 is 3.07 bits per heavy atom. The Morgan fingerprint density at radius 1 is 1.29 bits per heavy atom. The molecule has 0 radical (unpaired) electrons. The predicted octanol–water partition coefficient (Wildman–Crippen LogP) is 3.63. The van der Waals surface area contributed by atoms with E-state index in [0.29, 0.717) is 0 Å². The van der Waals surface area contributed by atoms with Gasteiger partial charge in [0.05, 0.1) is 0 Å². The SMILES string of the molecule is CCC1CC2CC1C1C3=CCC(C3)C21. The molecule has 3 saturated carbocycles. The monoisotopic (exact) mass is 188 g/mol. The van der Waals surface area contributed by atoms with Crippen molar-refractivity contribution >= 4 is 0 Å². The molecule has 4 bridgehead atoms. The van der Waals surface area contributed by atoms with Crippen LogP contribution in [-0.4, -0.2) is 0 Å². The molecule has 0 saturated heterocycles. The van der Waals surface area contributed by atoms with Crippen molar-refractivity contribution in [2.75, 3.05) is 0 Å². The minimum absolute atomic E-state index is 1.08. The molecule has 0 aliphatic heterocycles. The molecule has 0 heterocycles. The molecule has 76 valence electrons. The van der Waals surface area contributed by atoms with Crippen LogP contribution in [0.3, 0.4) is 0 Å². The molecule has 6 atom stereocenters. The van der Waals surface area contributed by atoms with Crippen molar-refractivity contribution in [3.8, 4) is 0 Å². The van der Waals surface area contributed by atoms with Crippen LogP contribution in [0.15, 0.2) is 11.6 Å². The Hall–Kier alpha value is -0.260. The number of hydrogen-bond donors (Lipinski definition) is 0. The standard InChI is InChI=1S/C14H20/c1-2-8-5-11-7-12(8)14-10-4-3-9(6-10)13(11)14/h4,8-9,11-14H,2-3,5-7H2,1H3. The van der Waals surface area contributed by atoms with E-state index in [1.807, 2.05) is 5.57 Å². The second kappa shape index (κ2) is 2.46. The van der Waals surface area contributed by atoms with Crippen molar-refractivity contribution in [3.05, 3.63) is 11.6 Å². The number of fused-ring (bicyclic) bond motifs is 9. The molecule has 14 heavy (non-hydrogen) atoms. The Morgan fingerprint density at radius 2 is 2.21 bits per heavy atom. The largest absolute Gasteiger partial charge is 0.0847 e. The van der Waals surface area contributed by atoms with E-state index in [2.05, 4.69) is 13.0 Å². The Balaban J connectivity index is 1.73. The van der Waals surface area contributed by atoms with Gasteiger partial charge in [-0.2, -0.15) is 0 Å². The van der Waals surface area contributed by atoms with E-state index in [-0.39, 0.29) is 0 Å². The van der Waals surface area contributed by atoms with Gasteiger partial charge >= 0.3 is 0 Å². The third kappa shape index (κ3) is 0.741. The molecule has 4 aliphatic rings. The summed E-state index contributed by atoms with van der Waals surface area (Å²) in [5.41, 5.74) is 1.89.